The third-order valence-electron chi connectivity index (χ3n) is 3.59. The zero-order valence-electron chi connectivity index (χ0n) is 9.87. The van der Waals surface area contributed by atoms with Crippen molar-refractivity contribution < 1.29 is 0 Å². The smallest absolute Gasteiger partial charge is 0.137 e. The van der Waals surface area contributed by atoms with E-state index >= 15 is 0 Å². The van der Waals surface area contributed by atoms with E-state index in [0.717, 1.165) is 12.1 Å². The summed E-state index contributed by atoms with van der Waals surface area (Å²) in [6, 6.07) is 6.40. The van der Waals surface area contributed by atoms with Crippen LogP contribution in [0.2, 0.25) is 0 Å². The fourth-order valence-electron chi connectivity index (χ4n) is 2.77. The molecule has 0 spiro atoms. The van der Waals surface area contributed by atoms with Crippen molar-refractivity contribution in [2.24, 2.45) is 0 Å². The molecular formula is C14H18N2. The Hall–Kier alpha value is -1.31. The number of hydrogen-bond acceptors (Lipinski definition) is 1. The summed E-state index contributed by atoms with van der Waals surface area (Å²) in [6.45, 7) is 2.17. The van der Waals surface area contributed by atoms with Gasteiger partial charge in [0.05, 0.1) is 5.69 Å². The maximum Gasteiger partial charge on any atom is 0.137 e. The SMILES string of the molecule is Cc1cccc2nc3c(n12)CCCCCC3. The molecule has 1 aliphatic carbocycles. The minimum atomic E-state index is 1.13. The lowest BCUT2D eigenvalue weighted by atomic mass is 10.0. The van der Waals surface area contributed by atoms with E-state index in [1.165, 1.54) is 49.2 Å². The first kappa shape index (κ1) is 9.88. The number of imidazole rings is 1. The first-order valence-corrected chi connectivity index (χ1v) is 6.32. The van der Waals surface area contributed by atoms with Crippen LogP contribution in [0.25, 0.3) is 5.65 Å². The molecule has 0 amide bonds. The van der Waals surface area contributed by atoms with Crippen LogP contribution >= 0.6 is 0 Å². The second kappa shape index (κ2) is 3.93. The molecule has 2 nitrogen and oxygen atoms in total. The standard InChI is InChI=1S/C14H18N2/c1-11-7-6-10-14-15-12-8-4-2-3-5-9-13(12)16(11)14/h6-7,10H,2-5,8-9H2,1H3. The average Bonchev–Trinajstić information content (AvgIpc) is 2.57. The maximum absolute atomic E-state index is 4.78. The summed E-state index contributed by atoms with van der Waals surface area (Å²) in [4.78, 5) is 4.78. The Bertz CT molecular complexity index is 511. The second-order valence-electron chi connectivity index (χ2n) is 4.78. The summed E-state index contributed by atoms with van der Waals surface area (Å²) in [5.74, 6) is 0. The van der Waals surface area contributed by atoms with Crippen molar-refractivity contribution in [3.63, 3.8) is 0 Å². The zero-order valence-corrected chi connectivity index (χ0v) is 9.87. The van der Waals surface area contributed by atoms with Crippen molar-refractivity contribution in [3.8, 4) is 0 Å². The summed E-state index contributed by atoms with van der Waals surface area (Å²) in [5.41, 5.74) is 5.25. The first-order chi connectivity index (χ1) is 7.86. The second-order valence-corrected chi connectivity index (χ2v) is 4.78. The number of hydrogen-bond donors (Lipinski definition) is 0. The van der Waals surface area contributed by atoms with Crippen LogP contribution < -0.4 is 0 Å². The Balaban J connectivity index is 2.21. The van der Waals surface area contributed by atoms with E-state index in [4.69, 9.17) is 4.98 Å². The molecule has 2 heteroatoms. The van der Waals surface area contributed by atoms with Gasteiger partial charge in [-0.1, -0.05) is 18.9 Å². The Kier molecular flexibility index (Phi) is 2.43. The Morgan fingerprint density at radius 3 is 2.75 bits per heavy atom. The molecule has 0 saturated carbocycles. The van der Waals surface area contributed by atoms with Crippen molar-refractivity contribution in [2.75, 3.05) is 0 Å². The highest BCUT2D eigenvalue weighted by Crippen LogP contribution is 2.22. The molecular weight excluding hydrogens is 196 g/mol. The molecule has 0 N–H and O–H groups in total. The van der Waals surface area contributed by atoms with Gasteiger partial charge in [-0.3, -0.25) is 0 Å². The van der Waals surface area contributed by atoms with E-state index in [9.17, 15) is 0 Å². The molecule has 0 unspecified atom stereocenters. The molecule has 0 aromatic carbocycles. The molecule has 2 aromatic rings. The molecule has 16 heavy (non-hydrogen) atoms. The monoisotopic (exact) mass is 214 g/mol. The van der Waals surface area contributed by atoms with Crippen LogP contribution in [0.5, 0.6) is 0 Å². The molecule has 2 heterocycles. The summed E-state index contributed by atoms with van der Waals surface area (Å²) in [5, 5.41) is 0. The molecule has 0 aliphatic heterocycles. The van der Waals surface area contributed by atoms with Crippen LogP contribution in [0, 0.1) is 6.92 Å². The van der Waals surface area contributed by atoms with Gasteiger partial charge in [-0.15, -0.1) is 0 Å². The molecule has 84 valence electrons. The van der Waals surface area contributed by atoms with Gasteiger partial charge in [-0.25, -0.2) is 4.98 Å². The van der Waals surface area contributed by atoms with Crippen molar-refractivity contribution in [3.05, 3.63) is 35.3 Å². The predicted molar refractivity (Wildman–Crippen MR) is 65.8 cm³/mol. The quantitative estimate of drug-likeness (QED) is 0.657. The molecule has 0 fully saturated rings. The number of aromatic nitrogens is 2. The van der Waals surface area contributed by atoms with E-state index in [-0.39, 0.29) is 0 Å². The zero-order chi connectivity index (χ0) is 11.0. The lowest BCUT2D eigenvalue weighted by molar-refractivity contribution is 0.604. The molecule has 0 radical (unpaired) electrons. The topological polar surface area (TPSA) is 17.3 Å². The van der Waals surface area contributed by atoms with Crippen LogP contribution in [0.1, 0.15) is 42.8 Å². The van der Waals surface area contributed by atoms with Gasteiger partial charge in [0, 0.05) is 11.4 Å². The molecule has 2 aromatic heterocycles. The van der Waals surface area contributed by atoms with Gasteiger partial charge in [0.25, 0.3) is 0 Å². The molecule has 0 saturated heterocycles. The lowest BCUT2D eigenvalue weighted by Gasteiger charge is -2.10. The molecule has 1 aliphatic rings. The van der Waals surface area contributed by atoms with Gasteiger partial charge < -0.3 is 4.40 Å². The van der Waals surface area contributed by atoms with Crippen LogP contribution in [0.15, 0.2) is 18.2 Å². The van der Waals surface area contributed by atoms with Gasteiger partial charge in [-0.2, -0.15) is 0 Å². The van der Waals surface area contributed by atoms with E-state index < -0.39 is 0 Å². The number of pyridine rings is 1. The fraction of sp³-hybridized carbons (Fsp3) is 0.500. The van der Waals surface area contributed by atoms with Crippen molar-refractivity contribution >= 4 is 5.65 Å². The van der Waals surface area contributed by atoms with Gasteiger partial charge in [0.2, 0.25) is 0 Å². The van der Waals surface area contributed by atoms with Crippen molar-refractivity contribution in [1.29, 1.82) is 0 Å². The highest BCUT2D eigenvalue weighted by atomic mass is 15.0. The third-order valence-corrected chi connectivity index (χ3v) is 3.59. The Morgan fingerprint density at radius 2 is 1.88 bits per heavy atom. The minimum absolute atomic E-state index is 1.13. The fourth-order valence-corrected chi connectivity index (χ4v) is 2.77. The van der Waals surface area contributed by atoms with E-state index in [1.54, 1.807) is 0 Å². The molecule has 0 atom stereocenters. The van der Waals surface area contributed by atoms with Gasteiger partial charge in [-0.05, 0) is 44.7 Å². The average molecular weight is 214 g/mol. The van der Waals surface area contributed by atoms with Gasteiger partial charge in [0.1, 0.15) is 5.65 Å². The van der Waals surface area contributed by atoms with E-state index in [1.807, 2.05) is 0 Å². The minimum Gasteiger partial charge on any atom is -0.301 e. The Labute approximate surface area is 96.3 Å². The number of fused-ring (bicyclic) bond motifs is 3. The molecule has 0 bridgehead atoms. The predicted octanol–water partition coefficient (Wildman–Crippen LogP) is 3.30. The summed E-state index contributed by atoms with van der Waals surface area (Å²) in [7, 11) is 0. The van der Waals surface area contributed by atoms with Gasteiger partial charge in [0.15, 0.2) is 0 Å². The molecule has 3 rings (SSSR count). The highest BCUT2D eigenvalue weighted by Gasteiger charge is 2.14. The van der Waals surface area contributed by atoms with Crippen LogP contribution in [0.3, 0.4) is 0 Å². The van der Waals surface area contributed by atoms with Crippen LogP contribution in [-0.4, -0.2) is 9.38 Å². The lowest BCUT2D eigenvalue weighted by Crippen LogP contribution is -2.02. The van der Waals surface area contributed by atoms with Crippen LogP contribution in [-0.2, 0) is 12.8 Å². The van der Waals surface area contributed by atoms with Crippen molar-refractivity contribution in [2.45, 2.75) is 45.4 Å². The van der Waals surface area contributed by atoms with Crippen molar-refractivity contribution in [1.82, 2.24) is 9.38 Å². The third kappa shape index (κ3) is 1.53. The number of nitrogens with zero attached hydrogens (tertiary/aromatic N) is 2. The number of rotatable bonds is 0. The van der Waals surface area contributed by atoms with Gasteiger partial charge >= 0.3 is 0 Å². The highest BCUT2D eigenvalue weighted by molar-refractivity contribution is 5.45. The van der Waals surface area contributed by atoms with E-state index in [2.05, 4.69) is 29.5 Å². The number of aryl methyl sites for hydroxylation is 3. The summed E-state index contributed by atoms with van der Waals surface area (Å²) in [6.07, 6.45) is 7.72. The summed E-state index contributed by atoms with van der Waals surface area (Å²) >= 11 is 0. The van der Waals surface area contributed by atoms with E-state index in [0.29, 0.717) is 0 Å². The largest absolute Gasteiger partial charge is 0.301 e. The summed E-state index contributed by atoms with van der Waals surface area (Å²) < 4.78 is 2.35. The normalized spacial score (nSPS) is 16.8. The first-order valence-electron chi connectivity index (χ1n) is 6.32. The maximum atomic E-state index is 4.78. The van der Waals surface area contributed by atoms with Crippen LogP contribution in [0.4, 0.5) is 0 Å². The Morgan fingerprint density at radius 1 is 1.06 bits per heavy atom.